The minimum Gasteiger partial charge on any atom is -0.460 e. The van der Waals surface area contributed by atoms with E-state index in [4.69, 9.17) is 25.8 Å². The Balaban J connectivity index is 2.86. The number of alkyl halides is 3. The number of esters is 1. The molecule has 0 aliphatic rings. The van der Waals surface area contributed by atoms with E-state index in [0.29, 0.717) is 6.42 Å². The Labute approximate surface area is 197 Å². The van der Waals surface area contributed by atoms with Crippen molar-refractivity contribution >= 4 is 29.2 Å². The molecule has 0 saturated carbocycles. The zero-order chi connectivity index (χ0) is 25.4. The molecule has 1 unspecified atom stereocenters. The van der Waals surface area contributed by atoms with Gasteiger partial charge in [0.1, 0.15) is 11.6 Å². The first-order chi connectivity index (χ1) is 15.2. The summed E-state index contributed by atoms with van der Waals surface area (Å²) in [7, 11) is 2.87. The van der Waals surface area contributed by atoms with Gasteiger partial charge in [0, 0.05) is 32.9 Å². The minimum atomic E-state index is -4.57. The number of hydrogen-bond donors (Lipinski definition) is 1. The molecule has 0 saturated heterocycles. The maximum absolute atomic E-state index is 13.1. The van der Waals surface area contributed by atoms with Crippen LogP contribution in [0.3, 0.4) is 0 Å². The van der Waals surface area contributed by atoms with Crippen LogP contribution in [0.4, 0.5) is 18.9 Å². The van der Waals surface area contributed by atoms with Crippen molar-refractivity contribution < 1.29 is 37.0 Å². The predicted molar refractivity (Wildman–Crippen MR) is 119 cm³/mol. The van der Waals surface area contributed by atoms with Crippen LogP contribution in [0, 0.1) is 0 Å². The molecule has 7 nitrogen and oxygen atoms in total. The van der Waals surface area contributed by atoms with Crippen molar-refractivity contribution in [3.8, 4) is 0 Å². The van der Waals surface area contributed by atoms with Gasteiger partial charge in [-0.3, -0.25) is 9.59 Å². The molecule has 1 amide bonds. The summed E-state index contributed by atoms with van der Waals surface area (Å²) in [5, 5.41) is 2.39. The van der Waals surface area contributed by atoms with Crippen LogP contribution in [0.15, 0.2) is 18.2 Å². The van der Waals surface area contributed by atoms with Crippen LogP contribution in [-0.4, -0.2) is 62.0 Å². The number of halogens is 4. The summed E-state index contributed by atoms with van der Waals surface area (Å²) in [5.74, 6) is -0.732. The average Bonchev–Trinajstić information content (AvgIpc) is 2.67. The fourth-order valence-electron chi connectivity index (χ4n) is 2.94. The van der Waals surface area contributed by atoms with E-state index in [1.807, 2.05) is 0 Å². The molecule has 1 aromatic rings. The Morgan fingerprint density at radius 1 is 1.15 bits per heavy atom. The summed E-state index contributed by atoms with van der Waals surface area (Å²) in [4.78, 5) is 26.5. The lowest BCUT2D eigenvalue weighted by Crippen LogP contribution is -2.46. The Bertz CT molecular complexity index is 795. The number of methoxy groups -OCH3 is 2. The van der Waals surface area contributed by atoms with E-state index >= 15 is 0 Å². The third kappa shape index (κ3) is 10.2. The van der Waals surface area contributed by atoms with Crippen molar-refractivity contribution in [2.75, 3.05) is 32.6 Å². The van der Waals surface area contributed by atoms with E-state index in [2.05, 4.69) is 5.32 Å². The summed E-state index contributed by atoms with van der Waals surface area (Å²) in [6.45, 7) is 7.19. The van der Waals surface area contributed by atoms with Gasteiger partial charge in [-0.1, -0.05) is 11.6 Å². The lowest BCUT2D eigenvalue weighted by molar-refractivity contribution is -0.156. The van der Waals surface area contributed by atoms with E-state index < -0.39 is 34.7 Å². The lowest BCUT2D eigenvalue weighted by atomic mass is 10.1. The molecule has 188 valence electrons. The summed E-state index contributed by atoms with van der Waals surface area (Å²) in [5.41, 5.74) is -1.30. The number of nitrogens with one attached hydrogen (secondary N) is 1. The Morgan fingerprint density at radius 2 is 1.76 bits per heavy atom. The quantitative estimate of drug-likeness (QED) is 0.352. The molecule has 0 aromatic heterocycles. The van der Waals surface area contributed by atoms with Gasteiger partial charge >= 0.3 is 12.1 Å². The number of amides is 1. The van der Waals surface area contributed by atoms with Gasteiger partial charge in [-0.25, -0.2) is 0 Å². The SMILES string of the molecule is COC(CN(CCCC(=O)OC(C)(C)C)C(=O)C(C)Nc1ccc(C(F)(F)F)c(Cl)c1)OC. The van der Waals surface area contributed by atoms with Crippen molar-refractivity contribution in [2.24, 2.45) is 0 Å². The van der Waals surface area contributed by atoms with Crippen molar-refractivity contribution in [2.45, 2.75) is 64.6 Å². The fraction of sp³-hybridized carbons (Fsp3) is 0.636. The predicted octanol–water partition coefficient (Wildman–Crippen LogP) is 4.73. The molecule has 0 aliphatic carbocycles. The highest BCUT2D eigenvalue weighted by molar-refractivity contribution is 6.31. The number of carbonyl (C=O) groups is 2. The first-order valence-corrected chi connectivity index (χ1v) is 10.7. The van der Waals surface area contributed by atoms with E-state index in [0.717, 1.165) is 12.1 Å². The number of carbonyl (C=O) groups excluding carboxylic acids is 2. The number of rotatable bonds is 11. The largest absolute Gasteiger partial charge is 0.460 e. The van der Waals surface area contributed by atoms with Crippen LogP contribution in [0.25, 0.3) is 0 Å². The van der Waals surface area contributed by atoms with Gasteiger partial charge in [0.15, 0.2) is 6.29 Å². The van der Waals surface area contributed by atoms with Crippen molar-refractivity contribution in [3.63, 3.8) is 0 Å². The molecule has 0 fully saturated rings. The van der Waals surface area contributed by atoms with Crippen molar-refractivity contribution in [1.82, 2.24) is 4.90 Å². The molecular weight excluding hydrogens is 465 g/mol. The molecule has 0 radical (unpaired) electrons. The van der Waals surface area contributed by atoms with Crippen LogP contribution in [0.1, 0.15) is 46.1 Å². The van der Waals surface area contributed by atoms with Gasteiger partial charge in [0.2, 0.25) is 5.91 Å². The number of ether oxygens (including phenoxy) is 3. The molecule has 0 heterocycles. The summed E-state index contributed by atoms with van der Waals surface area (Å²) in [6, 6.07) is 2.38. The summed E-state index contributed by atoms with van der Waals surface area (Å²) in [6.07, 6.45) is -4.80. The highest BCUT2D eigenvalue weighted by atomic mass is 35.5. The van der Waals surface area contributed by atoms with Gasteiger partial charge in [-0.15, -0.1) is 0 Å². The molecule has 0 bridgehead atoms. The molecule has 1 rings (SSSR count). The van der Waals surface area contributed by atoms with Crippen molar-refractivity contribution in [3.05, 3.63) is 28.8 Å². The molecule has 1 aromatic carbocycles. The molecule has 0 aliphatic heterocycles. The van der Waals surface area contributed by atoms with Gasteiger partial charge in [-0.2, -0.15) is 13.2 Å². The Morgan fingerprint density at radius 3 is 2.24 bits per heavy atom. The maximum Gasteiger partial charge on any atom is 0.417 e. The molecule has 0 spiro atoms. The maximum atomic E-state index is 13.1. The van der Waals surface area contributed by atoms with E-state index in [-0.39, 0.29) is 37.1 Å². The summed E-state index contributed by atoms with van der Waals surface area (Å²) < 4.78 is 54.4. The fourth-order valence-corrected chi connectivity index (χ4v) is 3.23. The first kappa shape index (κ1) is 29.0. The molecule has 1 N–H and O–H groups in total. The Hall–Kier alpha value is -2.04. The van der Waals surface area contributed by atoms with Crippen molar-refractivity contribution in [1.29, 1.82) is 0 Å². The smallest absolute Gasteiger partial charge is 0.417 e. The second kappa shape index (κ2) is 12.4. The molecule has 11 heteroatoms. The van der Waals surface area contributed by atoms with Gasteiger partial charge < -0.3 is 24.4 Å². The normalized spacial score (nSPS) is 13.1. The monoisotopic (exact) mass is 496 g/mol. The second-order valence-corrected chi connectivity index (χ2v) is 8.84. The van der Waals surface area contributed by atoms with Gasteiger partial charge in [0.25, 0.3) is 0 Å². The summed E-state index contributed by atoms with van der Waals surface area (Å²) >= 11 is 5.76. The molecule has 1 atom stereocenters. The molecule has 33 heavy (non-hydrogen) atoms. The first-order valence-electron chi connectivity index (χ1n) is 10.4. The van der Waals surface area contributed by atoms with E-state index in [9.17, 15) is 22.8 Å². The van der Waals surface area contributed by atoms with Crippen LogP contribution in [-0.2, 0) is 30.0 Å². The van der Waals surface area contributed by atoms with Crippen LogP contribution >= 0.6 is 11.6 Å². The third-order valence-electron chi connectivity index (χ3n) is 4.46. The van der Waals surface area contributed by atoms with Crippen LogP contribution in [0.2, 0.25) is 5.02 Å². The zero-order valence-corrected chi connectivity index (χ0v) is 20.5. The highest BCUT2D eigenvalue weighted by Crippen LogP contribution is 2.36. The lowest BCUT2D eigenvalue weighted by Gasteiger charge is -2.29. The number of nitrogens with zero attached hydrogens (tertiary/aromatic N) is 1. The Kier molecular flexibility index (Phi) is 10.9. The second-order valence-electron chi connectivity index (χ2n) is 8.43. The van der Waals surface area contributed by atoms with Crippen LogP contribution in [0.5, 0.6) is 0 Å². The average molecular weight is 497 g/mol. The van der Waals surface area contributed by atoms with E-state index in [1.54, 1.807) is 27.7 Å². The number of hydrogen-bond acceptors (Lipinski definition) is 6. The number of anilines is 1. The van der Waals surface area contributed by atoms with E-state index in [1.165, 1.54) is 25.2 Å². The van der Waals surface area contributed by atoms with Gasteiger partial charge in [-0.05, 0) is 52.3 Å². The topological polar surface area (TPSA) is 77.1 Å². The minimum absolute atomic E-state index is 0.0972. The zero-order valence-electron chi connectivity index (χ0n) is 19.7. The molecular formula is C22H32ClF3N2O5. The highest BCUT2D eigenvalue weighted by Gasteiger charge is 2.33. The third-order valence-corrected chi connectivity index (χ3v) is 4.78. The number of benzene rings is 1. The van der Waals surface area contributed by atoms with Crippen LogP contribution < -0.4 is 5.32 Å². The van der Waals surface area contributed by atoms with Gasteiger partial charge in [0.05, 0.1) is 17.1 Å². The standard InChI is InChI=1S/C22H32ClF3N2O5/c1-14(27-15-9-10-16(17(23)12-15)22(24,25)26)20(30)28(13-19(31-5)32-6)11-7-8-18(29)33-21(2,3)4/h9-10,12,14,19,27H,7-8,11,13H2,1-6H3.